The van der Waals surface area contributed by atoms with Crippen molar-refractivity contribution in [1.82, 2.24) is 15.5 Å². The largest absolute Gasteiger partial charge is 0.573 e. The minimum Gasteiger partial charge on any atom is -0.421 e. The van der Waals surface area contributed by atoms with E-state index in [0.29, 0.717) is 11.8 Å². The second-order valence-electron chi connectivity index (χ2n) is 5.80. The van der Waals surface area contributed by atoms with Crippen molar-refractivity contribution in [3.63, 3.8) is 0 Å². The van der Waals surface area contributed by atoms with Gasteiger partial charge in [-0.2, -0.15) is 0 Å². The minimum atomic E-state index is -4.80. The zero-order chi connectivity index (χ0) is 20.0. The number of carbonyl (C=O) groups excluding carboxylic acids is 1. The Morgan fingerprint density at radius 1 is 1.04 bits per heavy atom. The van der Waals surface area contributed by atoms with Gasteiger partial charge in [0, 0.05) is 30.5 Å². The van der Waals surface area contributed by atoms with Gasteiger partial charge in [0.15, 0.2) is 0 Å². The van der Waals surface area contributed by atoms with E-state index in [1.165, 1.54) is 18.2 Å². The molecule has 0 atom stereocenters. The van der Waals surface area contributed by atoms with Crippen molar-refractivity contribution in [3.8, 4) is 17.2 Å². The van der Waals surface area contributed by atoms with Gasteiger partial charge >= 0.3 is 6.36 Å². The van der Waals surface area contributed by atoms with Crippen molar-refractivity contribution in [2.75, 3.05) is 0 Å². The van der Waals surface area contributed by atoms with E-state index in [4.69, 9.17) is 4.42 Å². The average Bonchev–Trinajstić information content (AvgIpc) is 3.14. The monoisotopic (exact) mass is 391 g/mol. The Bertz CT molecular complexity index is 927. The molecule has 1 aromatic heterocycles. The third-order valence-corrected chi connectivity index (χ3v) is 3.73. The maximum absolute atomic E-state index is 12.4. The summed E-state index contributed by atoms with van der Waals surface area (Å²) in [5.74, 6) is -0.0509. The summed E-state index contributed by atoms with van der Waals surface area (Å²) in [5, 5.41) is 10.4. The zero-order valence-electron chi connectivity index (χ0n) is 14.6. The molecule has 1 N–H and O–H groups in total. The number of carbonyl (C=O) groups is 1. The molecule has 9 heteroatoms. The Hall–Kier alpha value is -3.36. The molecule has 0 aliphatic carbocycles. The van der Waals surface area contributed by atoms with Crippen molar-refractivity contribution in [3.05, 3.63) is 66.1 Å². The summed E-state index contributed by atoms with van der Waals surface area (Å²) in [4.78, 5) is 12.0. The quantitative estimate of drug-likeness (QED) is 0.661. The summed E-state index contributed by atoms with van der Waals surface area (Å²) < 4.78 is 46.7. The number of rotatable bonds is 7. The molecule has 1 amide bonds. The first-order valence-electron chi connectivity index (χ1n) is 8.39. The van der Waals surface area contributed by atoms with Gasteiger partial charge in [-0.3, -0.25) is 4.79 Å². The van der Waals surface area contributed by atoms with Crippen molar-refractivity contribution in [2.45, 2.75) is 25.7 Å². The second kappa shape index (κ2) is 8.55. The number of amides is 1. The molecule has 0 bridgehead atoms. The van der Waals surface area contributed by atoms with Crippen LogP contribution in [0.15, 0.2) is 59.0 Å². The maximum Gasteiger partial charge on any atom is 0.573 e. The van der Waals surface area contributed by atoms with Crippen molar-refractivity contribution < 1.29 is 27.1 Å². The third kappa shape index (κ3) is 5.57. The van der Waals surface area contributed by atoms with Crippen molar-refractivity contribution in [2.24, 2.45) is 0 Å². The van der Waals surface area contributed by atoms with Gasteiger partial charge in [0.1, 0.15) is 5.75 Å². The molecule has 0 saturated carbocycles. The first-order valence-corrected chi connectivity index (χ1v) is 8.39. The summed E-state index contributed by atoms with van der Waals surface area (Å²) >= 11 is 0. The number of hydrogen-bond acceptors (Lipinski definition) is 5. The molecule has 0 spiro atoms. The Balaban J connectivity index is 1.51. The normalized spacial score (nSPS) is 11.2. The number of benzene rings is 2. The van der Waals surface area contributed by atoms with E-state index in [2.05, 4.69) is 20.3 Å². The number of aryl methyl sites for hydroxylation is 1. The van der Waals surface area contributed by atoms with E-state index in [-0.39, 0.29) is 36.6 Å². The van der Waals surface area contributed by atoms with Crippen LogP contribution >= 0.6 is 0 Å². The molecule has 0 fully saturated rings. The third-order valence-electron chi connectivity index (χ3n) is 3.73. The first kappa shape index (κ1) is 19.4. The van der Waals surface area contributed by atoms with Gasteiger partial charge in [-0.15, -0.1) is 23.4 Å². The zero-order valence-corrected chi connectivity index (χ0v) is 14.6. The Labute approximate surface area is 158 Å². The van der Waals surface area contributed by atoms with Gasteiger partial charge < -0.3 is 14.5 Å². The lowest BCUT2D eigenvalue weighted by atomic mass is 10.2. The van der Waals surface area contributed by atoms with E-state index in [1.54, 1.807) is 6.07 Å². The highest BCUT2D eigenvalue weighted by Crippen LogP contribution is 2.26. The average molecular weight is 391 g/mol. The van der Waals surface area contributed by atoms with Crippen LogP contribution < -0.4 is 10.1 Å². The van der Waals surface area contributed by atoms with Gasteiger partial charge in [0.2, 0.25) is 17.7 Å². The topological polar surface area (TPSA) is 77.2 Å². The van der Waals surface area contributed by atoms with Gasteiger partial charge in [0.25, 0.3) is 0 Å². The number of nitrogens with zero attached hydrogens (tertiary/aromatic N) is 2. The summed E-state index contributed by atoms with van der Waals surface area (Å²) in [5.41, 5.74) is 0.990. The highest BCUT2D eigenvalue weighted by atomic mass is 19.4. The number of halogens is 3. The fourth-order valence-electron chi connectivity index (χ4n) is 2.43. The summed E-state index contributed by atoms with van der Waals surface area (Å²) in [6.07, 6.45) is -4.53. The molecular weight excluding hydrogens is 375 g/mol. The number of hydrogen-bond donors (Lipinski definition) is 1. The minimum absolute atomic E-state index is 0.0543. The fourth-order valence-corrected chi connectivity index (χ4v) is 2.43. The smallest absolute Gasteiger partial charge is 0.421 e. The number of ether oxygens (including phenoxy) is 1. The number of para-hydroxylation sites is 1. The van der Waals surface area contributed by atoms with E-state index in [1.807, 2.05) is 30.3 Å². The predicted octanol–water partition coefficient (Wildman–Crippen LogP) is 3.88. The number of aromatic nitrogens is 2. The summed E-state index contributed by atoms with van der Waals surface area (Å²) in [7, 11) is 0. The van der Waals surface area contributed by atoms with Crippen LogP contribution in [0, 0.1) is 0 Å². The Morgan fingerprint density at radius 2 is 1.75 bits per heavy atom. The van der Waals surface area contributed by atoms with Crippen LogP contribution in [-0.4, -0.2) is 22.5 Å². The van der Waals surface area contributed by atoms with Crippen molar-refractivity contribution >= 4 is 5.91 Å². The highest BCUT2D eigenvalue weighted by molar-refractivity contribution is 5.76. The Morgan fingerprint density at radius 3 is 2.50 bits per heavy atom. The SMILES string of the molecule is O=C(CCc1nnc(-c2ccccc2)o1)NCc1ccccc1OC(F)(F)F. The van der Waals surface area contributed by atoms with E-state index < -0.39 is 6.36 Å². The lowest BCUT2D eigenvalue weighted by Crippen LogP contribution is -2.24. The van der Waals surface area contributed by atoms with Gasteiger partial charge in [-0.25, -0.2) is 0 Å². The molecule has 0 radical (unpaired) electrons. The molecule has 0 saturated heterocycles. The molecule has 28 heavy (non-hydrogen) atoms. The number of nitrogens with one attached hydrogen (secondary N) is 1. The molecule has 6 nitrogen and oxygen atoms in total. The van der Waals surface area contributed by atoms with Crippen LogP contribution in [0.1, 0.15) is 17.9 Å². The van der Waals surface area contributed by atoms with E-state index in [0.717, 1.165) is 5.56 Å². The summed E-state index contributed by atoms with van der Waals surface area (Å²) in [6.45, 7) is -0.0931. The molecule has 0 aliphatic heterocycles. The van der Waals surface area contributed by atoms with Gasteiger partial charge in [-0.05, 0) is 18.2 Å². The van der Waals surface area contributed by atoms with Crippen LogP contribution in [0.25, 0.3) is 11.5 Å². The number of alkyl halides is 3. The van der Waals surface area contributed by atoms with Crippen LogP contribution in [0.4, 0.5) is 13.2 Å². The molecule has 0 aliphatic rings. The van der Waals surface area contributed by atoms with Crippen molar-refractivity contribution in [1.29, 1.82) is 0 Å². The van der Waals surface area contributed by atoms with Crippen LogP contribution in [0.5, 0.6) is 5.75 Å². The fraction of sp³-hybridized carbons (Fsp3) is 0.211. The van der Waals surface area contributed by atoms with E-state index in [9.17, 15) is 18.0 Å². The lowest BCUT2D eigenvalue weighted by molar-refractivity contribution is -0.274. The van der Waals surface area contributed by atoms with E-state index >= 15 is 0 Å². The molecule has 2 aromatic carbocycles. The molecular formula is C19H16F3N3O3. The lowest BCUT2D eigenvalue weighted by Gasteiger charge is -2.13. The maximum atomic E-state index is 12.4. The van der Waals surface area contributed by atoms with Crippen LogP contribution in [0.2, 0.25) is 0 Å². The molecule has 3 aromatic rings. The standard InChI is InChI=1S/C19H16F3N3O3/c20-19(21,22)28-15-9-5-4-8-14(15)12-23-16(26)10-11-17-24-25-18(27-17)13-6-2-1-3-7-13/h1-9H,10-12H2,(H,23,26). The first-order chi connectivity index (χ1) is 13.4. The second-order valence-corrected chi connectivity index (χ2v) is 5.80. The molecule has 0 unspecified atom stereocenters. The van der Waals surface area contributed by atoms with Crippen LogP contribution in [-0.2, 0) is 17.8 Å². The molecule has 3 rings (SSSR count). The molecule has 146 valence electrons. The summed E-state index contributed by atoms with van der Waals surface area (Å²) in [6, 6.07) is 14.8. The van der Waals surface area contributed by atoms with Crippen LogP contribution in [0.3, 0.4) is 0 Å². The Kier molecular flexibility index (Phi) is 5.93. The van der Waals surface area contributed by atoms with Gasteiger partial charge in [0.05, 0.1) is 0 Å². The predicted molar refractivity (Wildman–Crippen MR) is 93.0 cm³/mol. The van der Waals surface area contributed by atoms with Gasteiger partial charge in [-0.1, -0.05) is 36.4 Å². The molecule has 1 heterocycles. The highest BCUT2D eigenvalue weighted by Gasteiger charge is 2.31.